The van der Waals surface area contributed by atoms with Crippen LogP contribution in [0.4, 0.5) is 0 Å². The molecule has 2 atom stereocenters. The predicted octanol–water partition coefficient (Wildman–Crippen LogP) is 0.598. The lowest BCUT2D eigenvalue weighted by Gasteiger charge is -2.22. The molecule has 0 saturated carbocycles. The Labute approximate surface area is 104 Å². The summed E-state index contributed by atoms with van der Waals surface area (Å²) in [7, 11) is -0.205. The molecule has 5 nitrogen and oxygen atoms in total. The number of sulfone groups is 1. The monoisotopic (exact) mass is 265 g/mol. The van der Waals surface area contributed by atoms with E-state index in [0.29, 0.717) is 0 Å². The van der Waals surface area contributed by atoms with Gasteiger partial charge in [-0.1, -0.05) is 20.3 Å². The minimum absolute atomic E-state index is 0.0650. The van der Waals surface area contributed by atoms with E-state index in [9.17, 15) is 13.2 Å². The van der Waals surface area contributed by atoms with Gasteiger partial charge in [0.15, 0.2) is 9.84 Å². The molecule has 17 heavy (non-hydrogen) atoms. The van der Waals surface area contributed by atoms with Gasteiger partial charge in [0.05, 0.1) is 25.0 Å². The maximum Gasteiger partial charge on any atom is 0.306 e. The first kappa shape index (κ1) is 16.4. The molecule has 0 amide bonds. The summed E-state index contributed by atoms with van der Waals surface area (Å²) in [5, 5.41) is 3.02. The summed E-state index contributed by atoms with van der Waals surface area (Å²) in [6.07, 6.45) is 0.841. The molecule has 102 valence electrons. The van der Waals surface area contributed by atoms with E-state index in [-0.39, 0.29) is 29.9 Å². The molecule has 0 rings (SSSR count). The highest BCUT2D eigenvalue weighted by molar-refractivity contribution is 7.91. The lowest BCUT2D eigenvalue weighted by molar-refractivity contribution is -0.140. The molecule has 0 aliphatic heterocycles. The summed E-state index contributed by atoms with van der Waals surface area (Å²) in [6.45, 7) is 4.03. The second-order valence-corrected chi connectivity index (χ2v) is 6.45. The number of methoxy groups -OCH3 is 1. The first-order chi connectivity index (χ1) is 7.86. The highest BCUT2D eigenvalue weighted by atomic mass is 32.2. The average Bonchev–Trinajstić information content (AvgIpc) is 2.32. The lowest BCUT2D eigenvalue weighted by Crippen LogP contribution is -2.39. The van der Waals surface area contributed by atoms with Crippen molar-refractivity contribution in [1.82, 2.24) is 5.32 Å². The van der Waals surface area contributed by atoms with Gasteiger partial charge >= 0.3 is 5.97 Å². The Morgan fingerprint density at radius 2 is 2.00 bits per heavy atom. The van der Waals surface area contributed by atoms with Crippen molar-refractivity contribution < 1.29 is 17.9 Å². The van der Waals surface area contributed by atoms with E-state index in [1.807, 2.05) is 13.8 Å². The molecule has 0 saturated heterocycles. The zero-order valence-corrected chi connectivity index (χ0v) is 11.8. The topological polar surface area (TPSA) is 72.5 Å². The van der Waals surface area contributed by atoms with E-state index in [1.54, 1.807) is 7.05 Å². The van der Waals surface area contributed by atoms with Crippen LogP contribution in [0.1, 0.15) is 26.7 Å². The molecule has 0 aromatic carbocycles. The Morgan fingerprint density at radius 3 is 2.41 bits per heavy atom. The van der Waals surface area contributed by atoms with Crippen molar-refractivity contribution in [2.75, 3.05) is 25.7 Å². The highest BCUT2D eigenvalue weighted by Crippen LogP contribution is 2.10. The molecule has 0 heterocycles. The van der Waals surface area contributed by atoms with E-state index in [2.05, 4.69) is 10.1 Å². The van der Waals surface area contributed by atoms with Gasteiger partial charge in [-0.15, -0.1) is 0 Å². The molecular formula is C11H23NO4S. The minimum atomic E-state index is -3.22. The van der Waals surface area contributed by atoms with Gasteiger partial charge in [0.2, 0.25) is 0 Å². The van der Waals surface area contributed by atoms with Crippen LogP contribution in [0.3, 0.4) is 0 Å². The second kappa shape index (κ2) is 7.66. The van der Waals surface area contributed by atoms with Crippen molar-refractivity contribution in [3.8, 4) is 0 Å². The molecule has 1 N–H and O–H groups in total. The normalized spacial score (nSPS) is 15.3. The van der Waals surface area contributed by atoms with E-state index >= 15 is 0 Å². The maximum absolute atomic E-state index is 11.8. The Bertz CT molecular complexity index is 326. The van der Waals surface area contributed by atoms with E-state index in [1.165, 1.54) is 7.11 Å². The second-order valence-electron chi connectivity index (χ2n) is 4.22. The Kier molecular flexibility index (Phi) is 7.38. The quantitative estimate of drug-likeness (QED) is 0.651. The van der Waals surface area contributed by atoms with Gasteiger partial charge in [-0.25, -0.2) is 8.42 Å². The summed E-state index contributed by atoms with van der Waals surface area (Å²) in [5.74, 6) is -0.282. The number of ether oxygens (including phenoxy) is 1. The van der Waals surface area contributed by atoms with E-state index < -0.39 is 15.8 Å². The smallest absolute Gasteiger partial charge is 0.306 e. The van der Waals surface area contributed by atoms with Crippen LogP contribution in [0.2, 0.25) is 0 Å². The molecule has 0 aromatic heterocycles. The molecular weight excluding hydrogens is 242 g/mol. The first-order valence-corrected chi connectivity index (χ1v) is 7.63. The maximum atomic E-state index is 11.8. The average molecular weight is 265 g/mol. The summed E-state index contributed by atoms with van der Waals surface area (Å²) < 4.78 is 28.0. The van der Waals surface area contributed by atoms with Crippen LogP contribution in [-0.2, 0) is 19.4 Å². The van der Waals surface area contributed by atoms with Gasteiger partial charge in [0.25, 0.3) is 0 Å². The molecule has 0 aliphatic carbocycles. The van der Waals surface area contributed by atoms with Gasteiger partial charge in [0.1, 0.15) is 0 Å². The third kappa shape index (κ3) is 6.63. The summed E-state index contributed by atoms with van der Waals surface area (Å²) in [5.41, 5.74) is 0. The molecule has 0 bridgehead atoms. The van der Waals surface area contributed by atoms with Crippen molar-refractivity contribution in [2.45, 2.75) is 32.7 Å². The van der Waals surface area contributed by atoms with Crippen LogP contribution in [0.5, 0.6) is 0 Å². The van der Waals surface area contributed by atoms with Gasteiger partial charge in [-0.05, 0) is 13.0 Å². The number of hydrogen-bond acceptors (Lipinski definition) is 5. The molecule has 2 unspecified atom stereocenters. The first-order valence-electron chi connectivity index (χ1n) is 5.80. The van der Waals surface area contributed by atoms with Gasteiger partial charge in [-0.2, -0.15) is 0 Å². The fourth-order valence-corrected chi connectivity index (χ4v) is 3.20. The van der Waals surface area contributed by atoms with E-state index in [0.717, 1.165) is 6.42 Å². The molecule has 0 aromatic rings. The van der Waals surface area contributed by atoms with Crippen molar-refractivity contribution in [2.24, 2.45) is 5.92 Å². The third-order valence-electron chi connectivity index (χ3n) is 2.98. The SMILES string of the molecule is CCC(C)C(CS(=O)(=O)CCC(=O)OC)NC. The lowest BCUT2D eigenvalue weighted by atomic mass is 10.0. The number of esters is 1. The van der Waals surface area contributed by atoms with Crippen LogP contribution in [0, 0.1) is 5.92 Å². The summed E-state index contributed by atoms with van der Waals surface area (Å²) in [4.78, 5) is 10.9. The predicted molar refractivity (Wildman–Crippen MR) is 67.6 cm³/mol. The van der Waals surface area contributed by atoms with Crippen molar-refractivity contribution in [3.05, 3.63) is 0 Å². The zero-order valence-electron chi connectivity index (χ0n) is 11.0. The summed E-state index contributed by atoms with van der Waals surface area (Å²) in [6, 6.07) is -0.0670. The van der Waals surface area contributed by atoms with Crippen molar-refractivity contribution in [3.63, 3.8) is 0 Å². The van der Waals surface area contributed by atoms with Crippen LogP contribution in [0.25, 0.3) is 0 Å². The molecule has 0 spiro atoms. The van der Waals surface area contributed by atoms with Crippen molar-refractivity contribution in [1.29, 1.82) is 0 Å². The Hall–Kier alpha value is -0.620. The molecule has 0 aliphatic rings. The number of carbonyl (C=O) groups excluding carboxylic acids is 1. The number of nitrogens with one attached hydrogen (secondary N) is 1. The molecule has 0 radical (unpaired) electrons. The fourth-order valence-electron chi connectivity index (χ4n) is 1.51. The number of hydrogen-bond donors (Lipinski definition) is 1. The van der Waals surface area contributed by atoms with Gasteiger partial charge in [0, 0.05) is 6.04 Å². The largest absolute Gasteiger partial charge is 0.469 e. The minimum Gasteiger partial charge on any atom is -0.469 e. The van der Waals surface area contributed by atoms with Gasteiger partial charge < -0.3 is 10.1 Å². The number of carbonyl (C=O) groups is 1. The molecule has 6 heteroatoms. The van der Waals surface area contributed by atoms with E-state index in [4.69, 9.17) is 0 Å². The highest BCUT2D eigenvalue weighted by Gasteiger charge is 2.22. The van der Waals surface area contributed by atoms with Gasteiger partial charge in [-0.3, -0.25) is 4.79 Å². The number of rotatable bonds is 8. The van der Waals surface area contributed by atoms with Crippen LogP contribution < -0.4 is 5.32 Å². The Balaban J connectivity index is 4.36. The summed E-state index contributed by atoms with van der Waals surface area (Å²) >= 11 is 0. The fraction of sp³-hybridized carbons (Fsp3) is 0.909. The van der Waals surface area contributed by atoms with Crippen LogP contribution >= 0.6 is 0 Å². The van der Waals surface area contributed by atoms with Crippen LogP contribution in [0.15, 0.2) is 0 Å². The molecule has 0 fully saturated rings. The zero-order chi connectivity index (χ0) is 13.5. The van der Waals surface area contributed by atoms with Crippen LogP contribution in [-0.4, -0.2) is 46.1 Å². The van der Waals surface area contributed by atoms with Crippen molar-refractivity contribution >= 4 is 15.8 Å². The third-order valence-corrected chi connectivity index (χ3v) is 4.67. The standard InChI is InChI=1S/C11H23NO4S/c1-5-9(2)10(12-3)8-17(14,15)7-6-11(13)16-4/h9-10,12H,5-8H2,1-4H3. The Morgan fingerprint density at radius 1 is 1.41 bits per heavy atom.